The third-order valence-electron chi connectivity index (χ3n) is 3.12. The van der Waals surface area contributed by atoms with Crippen molar-refractivity contribution >= 4 is 11.8 Å². The molecule has 2 rings (SSSR count). The quantitative estimate of drug-likeness (QED) is 0.486. The molecule has 0 radical (unpaired) electrons. The lowest BCUT2D eigenvalue weighted by Crippen LogP contribution is -2.29. The van der Waals surface area contributed by atoms with Crippen LogP contribution in [0.25, 0.3) is 0 Å². The van der Waals surface area contributed by atoms with E-state index in [0.29, 0.717) is 6.61 Å². The highest BCUT2D eigenvalue weighted by Crippen LogP contribution is 2.31. The van der Waals surface area contributed by atoms with Gasteiger partial charge in [0, 0.05) is 4.90 Å². The minimum Gasteiger partial charge on any atom is -0.494 e. The average Bonchev–Trinajstić information content (AvgIpc) is 2.49. The van der Waals surface area contributed by atoms with Crippen LogP contribution in [0.15, 0.2) is 53.4 Å². The Morgan fingerprint density at radius 2 is 2.00 bits per heavy atom. The first-order valence-corrected chi connectivity index (χ1v) is 7.84. The van der Waals surface area contributed by atoms with Crippen molar-refractivity contribution in [3.8, 4) is 5.75 Å². The zero-order valence-corrected chi connectivity index (χ0v) is 12.6. The fourth-order valence-electron chi connectivity index (χ4n) is 2.22. The first kappa shape index (κ1) is 14.9. The number of hydrogen-bond acceptors (Lipinski definition) is 4. The molecule has 0 aliphatic heterocycles. The molecular weight excluding hydrogens is 268 g/mol. The van der Waals surface area contributed by atoms with E-state index >= 15 is 0 Å². The summed E-state index contributed by atoms with van der Waals surface area (Å²) in [7, 11) is 0. The smallest absolute Gasteiger partial charge is 0.119 e. The summed E-state index contributed by atoms with van der Waals surface area (Å²) in [4.78, 5) is 1.22. The molecule has 106 valence electrons. The topological polar surface area (TPSA) is 47.3 Å². The second-order valence-corrected chi connectivity index (χ2v) is 5.20. The minimum atomic E-state index is -0.0425. The van der Waals surface area contributed by atoms with Crippen LogP contribution in [0, 0.1) is 0 Å². The van der Waals surface area contributed by atoms with Crippen LogP contribution in [0.1, 0.15) is 24.1 Å². The predicted molar refractivity (Wildman–Crippen MR) is 85.0 cm³/mol. The lowest BCUT2D eigenvalue weighted by atomic mass is 9.99. The molecule has 0 bridgehead atoms. The summed E-state index contributed by atoms with van der Waals surface area (Å²) in [5.74, 6) is 6.65. The Morgan fingerprint density at radius 1 is 1.20 bits per heavy atom. The number of hydrogen-bond donors (Lipinski definition) is 2. The summed E-state index contributed by atoms with van der Waals surface area (Å²) >= 11 is 1.72. The molecule has 2 aromatic rings. The molecule has 2 aromatic carbocycles. The van der Waals surface area contributed by atoms with Gasteiger partial charge in [0.2, 0.25) is 0 Å². The van der Waals surface area contributed by atoms with Gasteiger partial charge in [0.05, 0.1) is 12.6 Å². The van der Waals surface area contributed by atoms with Crippen LogP contribution in [0.3, 0.4) is 0 Å². The van der Waals surface area contributed by atoms with Gasteiger partial charge in [-0.15, -0.1) is 11.8 Å². The van der Waals surface area contributed by atoms with Crippen molar-refractivity contribution in [2.75, 3.05) is 12.9 Å². The van der Waals surface area contributed by atoms with Crippen LogP contribution in [-0.2, 0) is 0 Å². The second-order valence-electron chi connectivity index (χ2n) is 4.35. The number of nitrogens with two attached hydrogens (primary N) is 1. The zero-order chi connectivity index (χ0) is 14.4. The Hall–Kier alpha value is -1.49. The SMILES string of the molecule is CCOc1cccc(C(NN)c2ccccc2SC)c1. The molecule has 1 unspecified atom stereocenters. The number of rotatable bonds is 6. The molecule has 1 atom stereocenters. The summed E-state index contributed by atoms with van der Waals surface area (Å²) < 4.78 is 5.56. The molecule has 0 amide bonds. The number of thioether (sulfide) groups is 1. The summed E-state index contributed by atoms with van der Waals surface area (Å²) in [5, 5.41) is 0. The summed E-state index contributed by atoms with van der Waals surface area (Å²) in [6.45, 7) is 2.64. The fraction of sp³-hybridized carbons (Fsp3) is 0.250. The van der Waals surface area contributed by atoms with E-state index in [1.807, 2.05) is 37.3 Å². The highest BCUT2D eigenvalue weighted by Gasteiger charge is 2.16. The van der Waals surface area contributed by atoms with E-state index in [-0.39, 0.29) is 6.04 Å². The number of benzene rings is 2. The van der Waals surface area contributed by atoms with E-state index in [2.05, 4.69) is 29.9 Å². The van der Waals surface area contributed by atoms with Gasteiger partial charge < -0.3 is 4.74 Å². The van der Waals surface area contributed by atoms with E-state index in [9.17, 15) is 0 Å². The van der Waals surface area contributed by atoms with Crippen LogP contribution >= 0.6 is 11.8 Å². The predicted octanol–water partition coefficient (Wildman–Crippen LogP) is 3.36. The van der Waals surface area contributed by atoms with E-state index in [1.165, 1.54) is 10.5 Å². The zero-order valence-electron chi connectivity index (χ0n) is 11.8. The van der Waals surface area contributed by atoms with E-state index in [1.54, 1.807) is 11.8 Å². The van der Waals surface area contributed by atoms with Crippen molar-refractivity contribution in [2.24, 2.45) is 5.84 Å². The molecule has 4 heteroatoms. The van der Waals surface area contributed by atoms with Gasteiger partial charge in [-0.2, -0.15) is 0 Å². The number of hydrazine groups is 1. The maximum atomic E-state index is 5.78. The van der Waals surface area contributed by atoms with Crippen molar-refractivity contribution < 1.29 is 4.74 Å². The fourth-order valence-corrected chi connectivity index (χ4v) is 2.86. The molecule has 0 fully saturated rings. The molecule has 3 nitrogen and oxygen atoms in total. The third kappa shape index (κ3) is 3.33. The first-order valence-electron chi connectivity index (χ1n) is 6.62. The normalized spacial score (nSPS) is 12.2. The maximum absolute atomic E-state index is 5.78. The molecule has 0 saturated heterocycles. The standard InChI is InChI=1S/C16H20N2OS/c1-3-19-13-8-6-7-12(11-13)16(18-17)14-9-4-5-10-15(14)20-2/h4-11,16,18H,3,17H2,1-2H3. The van der Waals surface area contributed by atoms with Crippen LogP contribution in [0.2, 0.25) is 0 Å². The van der Waals surface area contributed by atoms with Gasteiger partial charge >= 0.3 is 0 Å². The minimum absolute atomic E-state index is 0.0425. The van der Waals surface area contributed by atoms with Crippen molar-refractivity contribution in [1.29, 1.82) is 0 Å². The van der Waals surface area contributed by atoms with Gasteiger partial charge in [0.25, 0.3) is 0 Å². The number of ether oxygens (including phenoxy) is 1. The lowest BCUT2D eigenvalue weighted by Gasteiger charge is -2.20. The van der Waals surface area contributed by atoms with E-state index in [0.717, 1.165) is 11.3 Å². The average molecular weight is 288 g/mol. The van der Waals surface area contributed by atoms with Crippen molar-refractivity contribution in [1.82, 2.24) is 5.43 Å². The Morgan fingerprint density at radius 3 is 2.70 bits per heavy atom. The van der Waals surface area contributed by atoms with Gasteiger partial charge in [0.15, 0.2) is 0 Å². The largest absolute Gasteiger partial charge is 0.494 e. The van der Waals surface area contributed by atoms with Gasteiger partial charge in [-0.3, -0.25) is 5.84 Å². The number of nitrogens with one attached hydrogen (secondary N) is 1. The van der Waals surface area contributed by atoms with Crippen LogP contribution < -0.4 is 16.0 Å². The molecule has 0 aromatic heterocycles. The monoisotopic (exact) mass is 288 g/mol. The van der Waals surface area contributed by atoms with Gasteiger partial charge in [-0.1, -0.05) is 30.3 Å². The Kier molecular flexibility index (Phi) is 5.47. The molecule has 20 heavy (non-hydrogen) atoms. The molecule has 0 spiro atoms. The summed E-state index contributed by atoms with van der Waals surface area (Å²) in [6, 6.07) is 16.3. The van der Waals surface area contributed by atoms with Crippen molar-refractivity contribution in [3.05, 3.63) is 59.7 Å². The molecule has 3 N–H and O–H groups in total. The van der Waals surface area contributed by atoms with Crippen LogP contribution in [0.5, 0.6) is 5.75 Å². The van der Waals surface area contributed by atoms with Crippen LogP contribution in [0.4, 0.5) is 0 Å². The Bertz CT molecular complexity index is 560. The van der Waals surface area contributed by atoms with Gasteiger partial charge in [-0.05, 0) is 42.5 Å². The highest BCUT2D eigenvalue weighted by atomic mass is 32.2. The Balaban J connectivity index is 2.39. The first-order chi connectivity index (χ1) is 9.80. The second kappa shape index (κ2) is 7.33. The maximum Gasteiger partial charge on any atom is 0.119 e. The lowest BCUT2D eigenvalue weighted by molar-refractivity contribution is 0.339. The third-order valence-corrected chi connectivity index (χ3v) is 3.93. The van der Waals surface area contributed by atoms with E-state index < -0.39 is 0 Å². The van der Waals surface area contributed by atoms with Crippen molar-refractivity contribution in [2.45, 2.75) is 17.9 Å². The Labute approximate surface area is 124 Å². The van der Waals surface area contributed by atoms with Gasteiger partial charge in [0.1, 0.15) is 5.75 Å². The van der Waals surface area contributed by atoms with Gasteiger partial charge in [-0.25, -0.2) is 5.43 Å². The summed E-state index contributed by atoms with van der Waals surface area (Å²) in [5.41, 5.74) is 5.18. The van der Waals surface area contributed by atoms with E-state index in [4.69, 9.17) is 10.6 Å². The molecular formula is C16H20N2OS. The van der Waals surface area contributed by atoms with Crippen LogP contribution in [-0.4, -0.2) is 12.9 Å². The molecule has 0 heterocycles. The highest BCUT2D eigenvalue weighted by molar-refractivity contribution is 7.98. The summed E-state index contributed by atoms with van der Waals surface area (Å²) in [6.07, 6.45) is 2.07. The molecule has 0 aliphatic carbocycles. The molecule has 0 saturated carbocycles. The molecule has 0 aliphatic rings. The van der Waals surface area contributed by atoms with Crippen molar-refractivity contribution in [3.63, 3.8) is 0 Å².